The van der Waals surface area contributed by atoms with E-state index in [0.29, 0.717) is 27.8 Å². The van der Waals surface area contributed by atoms with Crippen LogP contribution in [0.3, 0.4) is 0 Å². The molecule has 0 unspecified atom stereocenters. The van der Waals surface area contributed by atoms with Gasteiger partial charge in [0, 0.05) is 5.02 Å². The van der Waals surface area contributed by atoms with Crippen molar-refractivity contribution in [2.24, 2.45) is 5.10 Å². The number of benzene rings is 3. The van der Waals surface area contributed by atoms with Gasteiger partial charge in [0.15, 0.2) is 11.5 Å². The molecule has 0 saturated heterocycles. The fraction of sp³-hybridized carbons (Fsp3) is 0.125. The van der Waals surface area contributed by atoms with Crippen LogP contribution in [0.5, 0.6) is 17.2 Å². The van der Waals surface area contributed by atoms with Crippen molar-refractivity contribution in [3.63, 3.8) is 0 Å². The largest absolute Gasteiger partial charge is 0.495 e. The third-order valence-corrected chi connectivity index (χ3v) is 4.73. The molecule has 0 bridgehead atoms. The van der Waals surface area contributed by atoms with Gasteiger partial charge in [-0.05, 0) is 59.7 Å². The first-order valence-electron chi connectivity index (χ1n) is 9.93. The molecule has 2 amide bonds. The number of anilines is 1. The Bertz CT molecular complexity index is 1200. The van der Waals surface area contributed by atoms with Gasteiger partial charge in [-0.2, -0.15) is 5.10 Å². The lowest BCUT2D eigenvalue weighted by Gasteiger charge is -2.11. The SMILES string of the molecule is COc1ccc(Cl)cc1NC(=O)C(=O)N/N=C/c1ccc(OCc2ccc(F)cc2)c(OC)c1. The van der Waals surface area contributed by atoms with Crippen LogP contribution < -0.4 is 25.0 Å². The quantitative estimate of drug-likeness (QED) is 0.283. The molecule has 10 heteroatoms. The van der Waals surface area contributed by atoms with Crippen molar-refractivity contribution < 1.29 is 28.2 Å². The topological polar surface area (TPSA) is 98.2 Å². The molecule has 3 rings (SSSR count). The van der Waals surface area contributed by atoms with Gasteiger partial charge in [0.05, 0.1) is 26.1 Å². The van der Waals surface area contributed by atoms with Gasteiger partial charge in [0.25, 0.3) is 0 Å². The predicted molar refractivity (Wildman–Crippen MR) is 126 cm³/mol. The van der Waals surface area contributed by atoms with Crippen molar-refractivity contribution in [2.75, 3.05) is 19.5 Å². The smallest absolute Gasteiger partial charge is 0.329 e. The third kappa shape index (κ3) is 6.69. The van der Waals surface area contributed by atoms with Gasteiger partial charge in [-0.3, -0.25) is 9.59 Å². The van der Waals surface area contributed by atoms with Crippen LogP contribution >= 0.6 is 11.6 Å². The fourth-order valence-electron chi connectivity index (χ4n) is 2.80. The highest BCUT2D eigenvalue weighted by Gasteiger charge is 2.15. The highest BCUT2D eigenvalue weighted by atomic mass is 35.5. The first kappa shape index (κ1) is 24.5. The maximum absolute atomic E-state index is 13.0. The fourth-order valence-corrected chi connectivity index (χ4v) is 2.97. The molecule has 0 radical (unpaired) electrons. The third-order valence-electron chi connectivity index (χ3n) is 4.49. The van der Waals surface area contributed by atoms with E-state index in [1.807, 2.05) is 0 Å². The number of hydrogen-bond acceptors (Lipinski definition) is 6. The Balaban J connectivity index is 1.58. The molecule has 176 valence electrons. The second-order valence-electron chi connectivity index (χ2n) is 6.82. The lowest BCUT2D eigenvalue weighted by Crippen LogP contribution is -2.32. The summed E-state index contributed by atoms with van der Waals surface area (Å²) in [4.78, 5) is 24.2. The zero-order valence-electron chi connectivity index (χ0n) is 18.3. The molecule has 0 aromatic heterocycles. The van der Waals surface area contributed by atoms with Gasteiger partial charge in [-0.25, -0.2) is 9.82 Å². The second-order valence-corrected chi connectivity index (χ2v) is 7.26. The lowest BCUT2D eigenvalue weighted by molar-refractivity contribution is -0.136. The number of hydrogen-bond donors (Lipinski definition) is 2. The lowest BCUT2D eigenvalue weighted by atomic mass is 10.2. The van der Waals surface area contributed by atoms with Crippen LogP contribution in [-0.4, -0.2) is 32.2 Å². The number of carbonyl (C=O) groups excluding carboxylic acids is 2. The minimum Gasteiger partial charge on any atom is -0.495 e. The second kappa shape index (κ2) is 11.7. The number of rotatable bonds is 8. The minimum absolute atomic E-state index is 0.229. The summed E-state index contributed by atoms with van der Waals surface area (Å²) < 4.78 is 29.2. The Morgan fingerprint density at radius 3 is 2.35 bits per heavy atom. The van der Waals surface area contributed by atoms with Crippen molar-refractivity contribution >= 4 is 35.3 Å². The molecule has 8 nitrogen and oxygen atoms in total. The summed E-state index contributed by atoms with van der Waals surface area (Å²) in [7, 11) is 2.91. The molecule has 0 heterocycles. The van der Waals surface area contributed by atoms with E-state index in [1.165, 1.54) is 38.6 Å². The summed E-state index contributed by atoms with van der Waals surface area (Å²) in [5, 5.41) is 6.58. The van der Waals surface area contributed by atoms with E-state index in [4.69, 9.17) is 25.8 Å². The zero-order valence-corrected chi connectivity index (χ0v) is 19.1. The highest BCUT2D eigenvalue weighted by Crippen LogP contribution is 2.29. The van der Waals surface area contributed by atoms with Gasteiger partial charge >= 0.3 is 11.8 Å². The maximum Gasteiger partial charge on any atom is 0.329 e. The minimum atomic E-state index is -0.982. The number of amides is 2. The monoisotopic (exact) mass is 485 g/mol. The first-order chi connectivity index (χ1) is 16.4. The first-order valence-corrected chi connectivity index (χ1v) is 10.3. The van der Waals surface area contributed by atoms with Crippen LogP contribution in [0, 0.1) is 5.82 Å². The van der Waals surface area contributed by atoms with Crippen molar-refractivity contribution in [3.05, 3.63) is 82.6 Å². The van der Waals surface area contributed by atoms with Gasteiger partial charge in [-0.1, -0.05) is 23.7 Å². The summed E-state index contributed by atoms with van der Waals surface area (Å²) in [5.74, 6) is -0.989. The van der Waals surface area contributed by atoms with Gasteiger partial charge < -0.3 is 19.5 Å². The maximum atomic E-state index is 13.0. The van der Waals surface area contributed by atoms with Crippen LogP contribution in [0.15, 0.2) is 65.8 Å². The van der Waals surface area contributed by atoms with Crippen LogP contribution in [0.25, 0.3) is 0 Å². The summed E-state index contributed by atoms with van der Waals surface area (Å²) >= 11 is 5.92. The molecule has 0 aliphatic carbocycles. The molecule has 0 aliphatic rings. The van der Waals surface area contributed by atoms with Gasteiger partial charge in [0.1, 0.15) is 18.2 Å². The Kier molecular flexibility index (Phi) is 8.42. The van der Waals surface area contributed by atoms with Crippen molar-refractivity contribution in [1.29, 1.82) is 0 Å². The number of carbonyl (C=O) groups is 2. The molecule has 0 saturated carbocycles. The molecule has 0 fully saturated rings. The number of halogens is 2. The summed E-state index contributed by atoms with van der Waals surface area (Å²) in [5.41, 5.74) is 3.78. The number of hydrazone groups is 1. The van der Waals surface area contributed by atoms with E-state index in [2.05, 4.69) is 15.8 Å². The molecule has 0 aliphatic heterocycles. The predicted octanol–water partition coefficient (Wildman–Crippen LogP) is 4.16. The molecule has 0 spiro atoms. The number of nitrogens with zero attached hydrogens (tertiary/aromatic N) is 1. The molecule has 0 atom stereocenters. The van der Waals surface area contributed by atoms with Crippen LogP contribution in [-0.2, 0) is 16.2 Å². The standard InChI is InChI=1S/C24H21ClFN3O5/c1-32-20-10-6-17(25)12-19(20)28-23(30)24(31)29-27-13-16-5-9-21(22(11-16)33-2)34-14-15-3-7-18(26)8-4-15/h3-13H,14H2,1-2H3,(H,28,30)(H,29,31)/b27-13+. The summed E-state index contributed by atoms with van der Waals surface area (Å²) in [6, 6.07) is 15.6. The number of nitrogens with one attached hydrogen (secondary N) is 2. The van der Waals surface area contributed by atoms with Gasteiger partial charge in [-0.15, -0.1) is 0 Å². The highest BCUT2D eigenvalue weighted by molar-refractivity contribution is 6.40. The molecule has 3 aromatic rings. The Labute approximate surface area is 200 Å². The normalized spacial score (nSPS) is 10.6. The van der Waals surface area contributed by atoms with E-state index in [-0.39, 0.29) is 18.1 Å². The van der Waals surface area contributed by atoms with E-state index < -0.39 is 11.8 Å². The summed E-state index contributed by atoms with van der Waals surface area (Å²) in [6.45, 7) is 0.229. The average molecular weight is 486 g/mol. The molecule has 34 heavy (non-hydrogen) atoms. The van der Waals surface area contributed by atoms with Crippen LogP contribution in [0.4, 0.5) is 10.1 Å². The van der Waals surface area contributed by atoms with E-state index in [1.54, 1.807) is 42.5 Å². The Hall–Kier alpha value is -4.11. The number of methoxy groups -OCH3 is 2. The van der Waals surface area contributed by atoms with E-state index >= 15 is 0 Å². The van der Waals surface area contributed by atoms with Crippen molar-refractivity contribution in [2.45, 2.75) is 6.61 Å². The molecule has 3 aromatic carbocycles. The molecule has 2 N–H and O–H groups in total. The van der Waals surface area contributed by atoms with Gasteiger partial charge in [0.2, 0.25) is 0 Å². The van der Waals surface area contributed by atoms with Crippen LogP contribution in [0.1, 0.15) is 11.1 Å². The van der Waals surface area contributed by atoms with E-state index in [0.717, 1.165) is 5.56 Å². The number of ether oxygens (including phenoxy) is 3. The zero-order chi connectivity index (χ0) is 24.5. The van der Waals surface area contributed by atoms with Crippen molar-refractivity contribution in [1.82, 2.24) is 5.43 Å². The summed E-state index contributed by atoms with van der Waals surface area (Å²) in [6.07, 6.45) is 1.34. The average Bonchev–Trinajstić information content (AvgIpc) is 2.84. The van der Waals surface area contributed by atoms with Crippen LogP contribution in [0.2, 0.25) is 5.02 Å². The molecular weight excluding hydrogens is 465 g/mol. The molecular formula is C24H21ClFN3O5. The Morgan fingerprint density at radius 1 is 0.941 bits per heavy atom. The Morgan fingerprint density at radius 2 is 1.65 bits per heavy atom. The van der Waals surface area contributed by atoms with Crippen molar-refractivity contribution in [3.8, 4) is 17.2 Å². The van der Waals surface area contributed by atoms with E-state index in [9.17, 15) is 14.0 Å².